The molecule has 1 atom stereocenters. The zero-order chi connectivity index (χ0) is 13.7. The second-order valence-electron chi connectivity index (χ2n) is 4.79. The highest BCUT2D eigenvalue weighted by Gasteiger charge is 2.20. The number of nitrogens with one attached hydrogen (secondary N) is 1. The SMILES string of the molecule is C[C@@H](C[NH+]1CCOCC1)OC(=O)c1cccc(Br)c1. The van der Waals surface area contributed by atoms with E-state index in [0.717, 1.165) is 37.3 Å². The smallest absolute Gasteiger partial charge is 0.338 e. The Morgan fingerprint density at radius 1 is 1.47 bits per heavy atom. The molecule has 104 valence electrons. The molecule has 1 aromatic carbocycles. The molecule has 5 heteroatoms. The van der Waals surface area contributed by atoms with Crippen LogP contribution in [0, 0.1) is 0 Å². The fourth-order valence-electron chi connectivity index (χ4n) is 2.18. The number of hydrogen-bond donors (Lipinski definition) is 1. The monoisotopic (exact) mass is 328 g/mol. The topological polar surface area (TPSA) is 40.0 Å². The van der Waals surface area contributed by atoms with Crippen molar-refractivity contribution in [2.45, 2.75) is 13.0 Å². The van der Waals surface area contributed by atoms with Crippen LogP contribution in [-0.2, 0) is 9.47 Å². The summed E-state index contributed by atoms with van der Waals surface area (Å²) < 4.78 is 11.7. The van der Waals surface area contributed by atoms with Gasteiger partial charge < -0.3 is 14.4 Å². The fraction of sp³-hybridized carbons (Fsp3) is 0.500. The molecule has 0 saturated carbocycles. The first-order chi connectivity index (χ1) is 9.15. The summed E-state index contributed by atoms with van der Waals surface area (Å²) in [7, 11) is 0. The van der Waals surface area contributed by atoms with Crippen LogP contribution >= 0.6 is 15.9 Å². The summed E-state index contributed by atoms with van der Waals surface area (Å²) in [5.41, 5.74) is 0.582. The van der Waals surface area contributed by atoms with Gasteiger partial charge in [0.1, 0.15) is 25.7 Å². The van der Waals surface area contributed by atoms with E-state index in [1.54, 1.807) is 12.1 Å². The summed E-state index contributed by atoms with van der Waals surface area (Å²) in [5, 5.41) is 0. The minimum absolute atomic E-state index is 0.0837. The second-order valence-corrected chi connectivity index (χ2v) is 5.71. The van der Waals surface area contributed by atoms with E-state index >= 15 is 0 Å². The molecule has 0 spiro atoms. The summed E-state index contributed by atoms with van der Waals surface area (Å²) >= 11 is 3.35. The van der Waals surface area contributed by atoms with Crippen molar-refractivity contribution < 1.29 is 19.2 Å². The van der Waals surface area contributed by atoms with Gasteiger partial charge in [0.15, 0.2) is 0 Å². The van der Waals surface area contributed by atoms with Crippen LogP contribution in [-0.4, -0.2) is 44.9 Å². The minimum Gasteiger partial charge on any atom is -0.453 e. The minimum atomic E-state index is -0.263. The average molecular weight is 329 g/mol. The predicted octanol–water partition coefficient (Wildman–Crippen LogP) is 0.910. The number of quaternary nitrogens is 1. The predicted molar refractivity (Wildman–Crippen MR) is 75.4 cm³/mol. The molecular formula is C14H19BrNO3+. The maximum absolute atomic E-state index is 12.0. The number of halogens is 1. The van der Waals surface area contributed by atoms with Gasteiger partial charge in [-0.3, -0.25) is 0 Å². The number of esters is 1. The van der Waals surface area contributed by atoms with Gasteiger partial charge >= 0.3 is 5.97 Å². The zero-order valence-corrected chi connectivity index (χ0v) is 12.6. The summed E-state index contributed by atoms with van der Waals surface area (Å²) in [6, 6.07) is 7.26. The van der Waals surface area contributed by atoms with Crippen molar-refractivity contribution in [1.82, 2.24) is 0 Å². The van der Waals surface area contributed by atoms with E-state index in [0.29, 0.717) is 5.56 Å². The Bertz CT molecular complexity index is 432. The molecule has 1 aliphatic heterocycles. The van der Waals surface area contributed by atoms with E-state index in [4.69, 9.17) is 9.47 Å². The highest BCUT2D eigenvalue weighted by Crippen LogP contribution is 2.12. The largest absolute Gasteiger partial charge is 0.453 e. The van der Waals surface area contributed by atoms with Crippen LogP contribution in [0.5, 0.6) is 0 Å². The lowest BCUT2D eigenvalue weighted by molar-refractivity contribution is -0.910. The lowest BCUT2D eigenvalue weighted by Gasteiger charge is -2.26. The Morgan fingerprint density at radius 3 is 2.89 bits per heavy atom. The van der Waals surface area contributed by atoms with Crippen molar-refractivity contribution in [3.63, 3.8) is 0 Å². The van der Waals surface area contributed by atoms with Gasteiger partial charge in [0, 0.05) is 4.47 Å². The van der Waals surface area contributed by atoms with E-state index in [1.807, 2.05) is 19.1 Å². The lowest BCUT2D eigenvalue weighted by Crippen LogP contribution is -3.15. The molecule has 1 aromatic rings. The molecule has 1 heterocycles. The molecule has 1 N–H and O–H groups in total. The molecule has 4 nitrogen and oxygen atoms in total. The van der Waals surface area contributed by atoms with Crippen LogP contribution < -0.4 is 4.90 Å². The lowest BCUT2D eigenvalue weighted by atomic mass is 10.2. The second kappa shape index (κ2) is 7.03. The third-order valence-corrected chi connectivity index (χ3v) is 3.64. The van der Waals surface area contributed by atoms with Crippen LogP contribution in [0.3, 0.4) is 0 Å². The van der Waals surface area contributed by atoms with Crippen molar-refractivity contribution in [2.24, 2.45) is 0 Å². The summed E-state index contributed by atoms with van der Waals surface area (Å²) in [6.45, 7) is 6.34. The van der Waals surface area contributed by atoms with Gasteiger partial charge in [-0.05, 0) is 25.1 Å². The number of carbonyl (C=O) groups is 1. The molecule has 2 rings (SSSR count). The van der Waals surface area contributed by atoms with Crippen molar-refractivity contribution in [2.75, 3.05) is 32.8 Å². The van der Waals surface area contributed by atoms with Crippen LogP contribution in [0.15, 0.2) is 28.7 Å². The normalized spacial score (nSPS) is 18.0. The van der Waals surface area contributed by atoms with Gasteiger partial charge in [-0.15, -0.1) is 0 Å². The number of rotatable bonds is 4. The van der Waals surface area contributed by atoms with Gasteiger partial charge in [0.05, 0.1) is 18.8 Å². The van der Waals surface area contributed by atoms with Crippen molar-refractivity contribution in [3.8, 4) is 0 Å². The number of hydrogen-bond acceptors (Lipinski definition) is 3. The summed E-state index contributed by atoms with van der Waals surface area (Å²) in [4.78, 5) is 13.4. The van der Waals surface area contributed by atoms with E-state index in [2.05, 4.69) is 15.9 Å². The first kappa shape index (κ1) is 14.5. The molecule has 0 radical (unpaired) electrons. The number of benzene rings is 1. The summed E-state index contributed by atoms with van der Waals surface area (Å²) in [5.74, 6) is -0.263. The van der Waals surface area contributed by atoms with Crippen LogP contribution in [0.25, 0.3) is 0 Å². The number of carbonyl (C=O) groups excluding carboxylic acids is 1. The first-order valence-corrected chi connectivity index (χ1v) is 7.32. The van der Waals surface area contributed by atoms with Crippen molar-refractivity contribution in [3.05, 3.63) is 34.3 Å². The highest BCUT2D eigenvalue weighted by atomic mass is 79.9. The Morgan fingerprint density at radius 2 is 2.21 bits per heavy atom. The van der Waals surface area contributed by atoms with E-state index in [1.165, 1.54) is 4.90 Å². The van der Waals surface area contributed by atoms with Crippen LogP contribution in [0.4, 0.5) is 0 Å². The maximum atomic E-state index is 12.0. The van der Waals surface area contributed by atoms with Crippen LogP contribution in [0.1, 0.15) is 17.3 Å². The van der Waals surface area contributed by atoms with Gasteiger partial charge in [-0.25, -0.2) is 4.79 Å². The maximum Gasteiger partial charge on any atom is 0.338 e. The zero-order valence-electron chi connectivity index (χ0n) is 11.0. The standard InChI is InChI=1S/C14H18BrNO3/c1-11(10-16-5-7-18-8-6-16)19-14(17)12-3-2-4-13(15)9-12/h2-4,9,11H,5-8,10H2,1H3/p+1/t11-/m0/s1. The van der Waals surface area contributed by atoms with E-state index in [9.17, 15) is 4.79 Å². The third kappa shape index (κ3) is 4.60. The highest BCUT2D eigenvalue weighted by molar-refractivity contribution is 9.10. The Labute approximate surface area is 121 Å². The summed E-state index contributed by atoms with van der Waals surface area (Å²) in [6.07, 6.45) is -0.0837. The Hall–Kier alpha value is -0.910. The number of ether oxygens (including phenoxy) is 2. The molecule has 0 aromatic heterocycles. The van der Waals surface area contributed by atoms with Crippen molar-refractivity contribution >= 4 is 21.9 Å². The molecule has 1 saturated heterocycles. The van der Waals surface area contributed by atoms with Gasteiger partial charge in [-0.2, -0.15) is 0 Å². The van der Waals surface area contributed by atoms with Crippen LogP contribution in [0.2, 0.25) is 0 Å². The molecule has 19 heavy (non-hydrogen) atoms. The first-order valence-electron chi connectivity index (χ1n) is 6.53. The number of morpholine rings is 1. The molecule has 1 fully saturated rings. The molecular weight excluding hydrogens is 310 g/mol. The third-order valence-electron chi connectivity index (χ3n) is 3.14. The Kier molecular flexibility index (Phi) is 5.36. The molecule has 0 unspecified atom stereocenters. The van der Waals surface area contributed by atoms with Crippen molar-refractivity contribution in [1.29, 1.82) is 0 Å². The van der Waals surface area contributed by atoms with E-state index in [-0.39, 0.29) is 12.1 Å². The molecule has 0 aliphatic carbocycles. The molecule has 0 amide bonds. The van der Waals surface area contributed by atoms with Gasteiger partial charge in [-0.1, -0.05) is 22.0 Å². The molecule has 1 aliphatic rings. The fourth-order valence-corrected chi connectivity index (χ4v) is 2.58. The van der Waals surface area contributed by atoms with Gasteiger partial charge in [0.25, 0.3) is 0 Å². The van der Waals surface area contributed by atoms with Gasteiger partial charge in [0.2, 0.25) is 0 Å². The van der Waals surface area contributed by atoms with E-state index < -0.39 is 0 Å². The Balaban J connectivity index is 1.84. The molecule has 0 bridgehead atoms. The quantitative estimate of drug-likeness (QED) is 0.835. The average Bonchev–Trinajstić information content (AvgIpc) is 2.39.